The molecule has 0 unspecified atom stereocenters. The molecule has 0 spiro atoms. The zero-order valence-corrected chi connectivity index (χ0v) is 10.1. The van der Waals surface area contributed by atoms with Gasteiger partial charge in [0.1, 0.15) is 10.4 Å². The second-order valence-corrected chi connectivity index (χ2v) is 5.90. The minimum Gasteiger partial charge on any atom is -0.243 e. The zero-order chi connectivity index (χ0) is 11.1. The molecule has 0 atom stereocenters. The molecule has 0 fully saturated rings. The first kappa shape index (κ1) is 10.8. The highest BCUT2D eigenvalue weighted by atomic mass is 35.5. The summed E-state index contributed by atoms with van der Waals surface area (Å²) in [6.45, 7) is 0. The molecular weight excluding hydrogens is 256 g/mol. The molecule has 0 saturated heterocycles. The van der Waals surface area contributed by atoms with Crippen molar-refractivity contribution in [1.82, 2.24) is 9.71 Å². The Labute approximate surface area is 96.0 Å². The van der Waals surface area contributed by atoms with Crippen LogP contribution in [0.25, 0.3) is 10.2 Å². The number of hydrogen-bond donors (Lipinski definition) is 1. The van der Waals surface area contributed by atoms with Gasteiger partial charge in [0.15, 0.2) is 0 Å². The third-order valence-corrected chi connectivity index (χ3v) is 4.65. The lowest BCUT2D eigenvalue weighted by Crippen LogP contribution is -2.19. The SMILES string of the molecule is CNS(=O)(=O)c1c(Cl)ccc2scnc12. The van der Waals surface area contributed by atoms with Crippen LogP contribution in [0.1, 0.15) is 0 Å². The van der Waals surface area contributed by atoms with Gasteiger partial charge in [-0.05, 0) is 19.2 Å². The standard InChI is InChI=1S/C8H7ClN2O2S2/c1-10-15(12,13)8-5(9)2-3-6-7(8)11-4-14-6/h2-4,10H,1H3. The summed E-state index contributed by atoms with van der Waals surface area (Å²) >= 11 is 7.24. The van der Waals surface area contributed by atoms with E-state index in [4.69, 9.17) is 11.6 Å². The first-order chi connectivity index (χ1) is 7.06. The summed E-state index contributed by atoms with van der Waals surface area (Å²) in [5, 5.41) is 0.183. The number of fused-ring (bicyclic) bond motifs is 1. The van der Waals surface area contributed by atoms with Gasteiger partial charge in [0.2, 0.25) is 10.0 Å². The molecule has 0 aliphatic heterocycles. The van der Waals surface area contributed by atoms with Crippen molar-refractivity contribution in [3.05, 3.63) is 22.7 Å². The van der Waals surface area contributed by atoms with E-state index in [1.54, 1.807) is 17.6 Å². The van der Waals surface area contributed by atoms with Crippen molar-refractivity contribution in [3.63, 3.8) is 0 Å². The lowest BCUT2D eigenvalue weighted by atomic mass is 10.3. The third-order valence-electron chi connectivity index (χ3n) is 1.95. The lowest BCUT2D eigenvalue weighted by Gasteiger charge is -2.05. The van der Waals surface area contributed by atoms with Gasteiger partial charge in [0.05, 0.1) is 15.2 Å². The van der Waals surface area contributed by atoms with Gasteiger partial charge in [-0.25, -0.2) is 18.1 Å². The molecule has 4 nitrogen and oxygen atoms in total. The minimum absolute atomic E-state index is 0.0467. The third kappa shape index (κ3) is 1.74. The fourth-order valence-corrected chi connectivity index (χ4v) is 3.39. The van der Waals surface area contributed by atoms with Crippen LogP contribution in [0.5, 0.6) is 0 Å². The van der Waals surface area contributed by atoms with Crippen molar-refractivity contribution in [1.29, 1.82) is 0 Å². The van der Waals surface area contributed by atoms with Crippen molar-refractivity contribution in [2.75, 3.05) is 7.05 Å². The predicted molar refractivity (Wildman–Crippen MR) is 60.9 cm³/mol. The summed E-state index contributed by atoms with van der Waals surface area (Å²) in [5.74, 6) is 0. The topological polar surface area (TPSA) is 59.1 Å². The molecule has 80 valence electrons. The van der Waals surface area contributed by atoms with Crippen LogP contribution >= 0.6 is 22.9 Å². The van der Waals surface area contributed by atoms with Crippen LogP contribution in [0.4, 0.5) is 0 Å². The Morgan fingerprint density at radius 2 is 2.20 bits per heavy atom. The molecule has 1 heterocycles. The lowest BCUT2D eigenvalue weighted by molar-refractivity contribution is 0.589. The Kier molecular flexibility index (Phi) is 2.68. The predicted octanol–water partition coefficient (Wildman–Crippen LogP) is 1.86. The molecule has 7 heteroatoms. The number of rotatable bonds is 2. The zero-order valence-electron chi connectivity index (χ0n) is 7.69. The summed E-state index contributed by atoms with van der Waals surface area (Å²) in [6, 6.07) is 3.32. The quantitative estimate of drug-likeness (QED) is 0.899. The average Bonchev–Trinajstić information content (AvgIpc) is 2.64. The van der Waals surface area contributed by atoms with Crippen molar-refractivity contribution in [2.24, 2.45) is 0 Å². The molecule has 0 amide bonds. The van der Waals surface area contributed by atoms with E-state index >= 15 is 0 Å². The van der Waals surface area contributed by atoms with E-state index in [1.165, 1.54) is 18.4 Å². The Morgan fingerprint density at radius 3 is 2.87 bits per heavy atom. The molecule has 0 aliphatic rings. The van der Waals surface area contributed by atoms with Crippen molar-refractivity contribution >= 4 is 43.2 Å². The Bertz CT molecular complexity index is 606. The molecule has 2 rings (SSSR count). The molecular formula is C8H7ClN2O2S2. The van der Waals surface area contributed by atoms with Crippen LogP contribution < -0.4 is 4.72 Å². The number of aromatic nitrogens is 1. The summed E-state index contributed by atoms with van der Waals surface area (Å²) in [4.78, 5) is 4.06. The van der Waals surface area contributed by atoms with Crippen LogP contribution in [0.15, 0.2) is 22.5 Å². The second-order valence-electron chi connectivity index (χ2n) is 2.78. The number of benzene rings is 1. The number of thiazole rings is 1. The van der Waals surface area contributed by atoms with Crippen LogP contribution in [0.2, 0.25) is 5.02 Å². The monoisotopic (exact) mass is 262 g/mol. The van der Waals surface area contributed by atoms with E-state index in [0.29, 0.717) is 5.52 Å². The Hall–Kier alpha value is -0.690. The van der Waals surface area contributed by atoms with Gasteiger partial charge in [-0.15, -0.1) is 11.3 Å². The highest BCUT2D eigenvalue weighted by molar-refractivity contribution is 7.89. The highest BCUT2D eigenvalue weighted by Gasteiger charge is 2.20. The van der Waals surface area contributed by atoms with E-state index in [0.717, 1.165) is 4.70 Å². The molecule has 2 aromatic rings. The smallest absolute Gasteiger partial charge is 0.243 e. The summed E-state index contributed by atoms with van der Waals surface area (Å²) in [7, 11) is -2.22. The van der Waals surface area contributed by atoms with Gasteiger partial charge in [0, 0.05) is 0 Å². The highest BCUT2D eigenvalue weighted by Crippen LogP contribution is 2.30. The molecule has 1 aromatic carbocycles. The van der Waals surface area contributed by atoms with E-state index < -0.39 is 10.0 Å². The van der Waals surface area contributed by atoms with Gasteiger partial charge in [-0.3, -0.25) is 0 Å². The first-order valence-electron chi connectivity index (χ1n) is 4.01. The van der Waals surface area contributed by atoms with E-state index in [-0.39, 0.29) is 9.92 Å². The number of halogens is 1. The maximum Gasteiger partial charge on any atom is 0.244 e. The average molecular weight is 263 g/mol. The fraction of sp³-hybridized carbons (Fsp3) is 0.125. The number of nitrogens with one attached hydrogen (secondary N) is 1. The van der Waals surface area contributed by atoms with E-state index in [2.05, 4.69) is 9.71 Å². The largest absolute Gasteiger partial charge is 0.244 e. The normalized spacial score (nSPS) is 12.1. The maximum atomic E-state index is 11.7. The Balaban J connectivity index is 2.89. The second kappa shape index (κ2) is 3.71. The van der Waals surface area contributed by atoms with Gasteiger partial charge in [0.25, 0.3) is 0 Å². The molecule has 1 N–H and O–H groups in total. The van der Waals surface area contributed by atoms with Gasteiger partial charge in [-0.2, -0.15) is 0 Å². The summed E-state index contributed by atoms with van der Waals surface area (Å²) < 4.78 is 26.4. The van der Waals surface area contributed by atoms with E-state index in [9.17, 15) is 8.42 Å². The van der Waals surface area contributed by atoms with Crippen molar-refractivity contribution in [2.45, 2.75) is 4.90 Å². The molecule has 1 aromatic heterocycles. The first-order valence-corrected chi connectivity index (χ1v) is 6.75. The van der Waals surface area contributed by atoms with Crippen LogP contribution in [-0.4, -0.2) is 20.4 Å². The number of nitrogens with zero attached hydrogens (tertiary/aromatic N) is 1. The maximum absolute atomic E-state index is 11.7. The van der Waals surface area contributed by atoms with Crippen LogP contribution in [-0.2, 0) is 10.0 Å². The van der Waals surface area contributed by atoms with Gasteiger partial charge < -0.3 is 0 Å². The Morgan fingerprint density at radius 1 is 1.47 bits per heavy atom. The number of sulfonamides is 1. The molecule has 0 saturated carbocycles. The van der Waals surface area contributed by atoms with Crippen molar-refractivity contribution in [3.8, 4) is 0 Å². The molecule has 0 aliphatic carbocycles. The van der Waals surface area contributed by atoms with Crippen LogP contribution in [0, 0.1) is 0 Å². The minimum atomic E-state index is -3.56. The van der Waals surface area contributed by atoms with Gasteiger partial charge in [-0.1, -0.05) is 11.6 Å². The summed E-state index contributed by atoms with van der Waals surface area (Å²) in [6.07, 6.45) is 0. The molecule has 15 heavy (non-hydrogen) atoms. The molecule has 0 radical (unpaired) electrons. The van der Waals surface area contributed by atoms with Gasteiger partial charge >= 0.3 is 0 Å². The van der Waals surface area contributed by atoms with E-state index in [1.807, 2.05) is 0 Å². The van der Waals surface area contributed by atoms with Crippen LogP contribution in [0.3, 0.4) is 0 Å². The number of hydrogen-bond acceptors (Lipinski definition) is 4. The van der Waals surface area contributed by atoms with Crippen molar-refractivity contribution < 1.29 is 8.42 Å². The molecule has 0 bridgehead atoms. The fourth-order valence-electron chi connectivity index (χ4n) is 1.24. The summed E-state index contributed by atoms with van der Waals surface area (Å²) in [5.41, 5.74) is 2.01.